The lowest BCUT2D eigenvalue weighted by Gasteiger charge is -2.11. The molecule has 0 aliphatic heterocycles. The second kappa shape index (κ2) is 6.36. The molecule has 5 heteroatoms. The average molecular weight is 183 g/mol. The summed E-state index contributed by atoms with van der Waals surface area (Å²) in [4.78, 5) is 12.0. The van der Waals surface area contributed by atoms with E-state index in [-0.39, 0.29) is 6.73 Å². The van der Waals surface area contributed by atoms with Crippen molar-refractivity contribution in [2.75, 3.05) is 6.73 Å². The van der Waals surface area contributed by atoms with Gasteiger partial charge in [0.25, 0.3) is 0 Å². The van der Waals surface area contributed by atoms with Crippen LogP contribution in [0.15, 0.2) is 29.3 Å². The normalized spacial score (nSPS) is 21.2. The van der Waals surface area contributed by atoms with E-state index in [0.29, 0.717) is 6.04 Å². The van der Waals surface area contributed by atoms with E-state index in [1.807, 2.05) is 12.2 Å². The number of rotatable bonds is 5. The molecule has 0 saturated carbocycles. The summed E-state index contributed by atoms with van der Waals surface area (Å²) in [5.41, 5.74) is 0. The van der Waals surface area contributed by atoms with Gasteiger partial charge in [-0.1, -0.05) is 24.3 Å². The van der Waals surface area contributed by atoms with E-state index in [4.69, 9.17) is 0 Å². The molecule has 1 unspecified atom stereocenters. The molecule has 0 heterocycles. The molecule has 0 amide bonds. The van der Waals surface area contributed by atoms with Gasteiger partial charge in [0.05, 0.1) is 6.34 Å². The predicted octanol–water partition coefficient (Wildman–Crippen LogP) is 0.268. The first-order valence-corrected chi connectivity index (χ1v) is 3.99. The summed E-state index contributed by atoms with van der Waals surface area (Å²) in [6.07, 6.45) is 10.7. The van der Waals surface area contributed by atoms with Gasteiger partial charge < -0.3 is 5.32 Å². The Bertz CT molecular complexity index is 213. The summed E-state index contributed by atoms with van der Waals surface area (Å²) in [5, 5.41) is 3.07. The van der Waals surface area contributed by atoms with Gasteiger partial charge in [0.15, 0.2) is 6.73 Å². The van der Waals surface area contributed by atoms with E-state index in [0.717, 1.165) is 6.42 Å². The minimum atomic E-state index is 0.0930. The molecular weight excluding hydrogens is 170 g/mol. The van der Waals surface area contributed by atoms with Crippen LogP contribution in [-0.2, 0) is 9.88 Å². The summed E-state index contributed by atoms with van der Waals surface area (Å²) < 4.78 is 0. The van der Waals surface area contributed by atoms with Crippen LogP contribution in [0.1, 0.15) is 6.42 Å². The number of hydrogen-bond donors (Lipinski definition) is 2. The highest BCUT2D eigenvalue weighted by atomic mass is 17.3. The van der Waals surface area contributed by atoms with Crippen LogP contribution in [0.3, 0.4) is 0 Å². The molecule has 0 aromatic carbocycles. The third-order valence-electron chi connectivity index (χ3n) is 1.56. The van der Waals surface area contributed by atoms with Crippen LogP contribution < -0.4 is 11.2 Å². The van der Waals surface area contributed by atoms with Crippen molar-refractivity contribution in [3.63, 3.8) is 0 Å². The highest BCUT2D eigenvalue weighted by Gasteiger charge is 2.00. The minimum Gasteiger partial charge on any atom is -0.370 e. The quantitative estimate of drug-likeness (QED) is 0.211. The maximum Gasteiger partial charge on any atom is 0.175 e. The number of nitrogens with two attached hydrogens (primary N) is 1. The van der Waals surface area contributed by atoms with Crippen LogP contribution in [0, 0.1) is 0 Å². The Morgan fingerprint density at radius 2 is 2.54 bits per heavy atom. The summed E-state index contributed by atoms with van der Waals surface area (Å²) >= 11 is 0. The van der Waals surface area contributed by atoms with E-state index in [1.165, 1.54) is 0 Å². The fraction of sp³-hybridized carbons (Fsp3) is 0.375. The Morgan fingerprint density at radius 3 is 3.23 bits per heavy atom. The van der Waals surface area contributed by atoms with Gasteiger partial charge in [-0.3, -0.25) is 0 Å². The molecule has 0 radical (unpaired) electrons. The van der Waals surface area contributed by atoms with Crippen molar-refractivity contribution in [1.82, 2.24) is 5.32 Å². The van der Waals surface area contributed by atoms with Crippen LogP contribution in [0.2, 0.25) is 0 Å². The van der Waals surface area contributed by atoms with Gasteiger partial charge in [-0.15, -0.1) is 4.99 Å². The van der Waals surface area contributed by atoms with Crippen LogP contribution in [0.5, 0.6) is 0 Å². The predicted molar refractivity (Wildman–Crippen MR) is 49.5 cm³/mol. The number of allylic oxidation sites excluding steroid dienone is 2. The second-order valence-corrected chi connectivity index (χ2v) is 2.48. The van der Waals surface area contributed by atoms with Crippen molar-refractivity contribution in [3.05, 3.63) is 24.3 Å². The van der Waals surface area contributed by atoms with Crippen LogP contribution in [0.4, 0.5) is 0 Å². The number of aliphatic imine (C=N–C) groups is 1. The number of hydrogen-bond acceptors (Lipinski definition) is 4. The molecule has 0 spiro atoms. The molecule has 1 aliphatic rings. The molecule has 0 aromatic rings. The SMILES string of the molecule is NOOCN=CNC1C=CC=CC1. The van der Waals surface area contributed by atoms with Gasteiger partial charge >= 0.3 is 0 Å². The van der Waals surface area contributed by atoms with E-state index in [9.17, 15) is 0 Å². The van der Waals surface area contributed by atoms with Gasteiger partial charge in [-0.2, -0.15) is 10.8 Å². The molecule has 5 nitrogen and oxygen atoms in total. The van der Waals surface area contributed by atoms with Crippen LogP contribution in [0.25, 0.3) is 0 Å². The smallest absolute Gasteiger partial charge is 0.175 e. The van der Waals surface area contributed by atoms with Crippen molar-refractivity contribution in [3.8, 4) is 0 Å². The van der Waals surface area contributed by atoms with E-state index in [2.05, 4.69) is 38.2 Å². The van der Waals surface area contributed by atoms with Gasteiger partial charge in [-0.05, 0) is 6.42 Å². The van der Waals surface area contributed by atoms with Gasteiger partial charge in [-0.25, -0.2) is 4.99 Å². The minimum absolute atomic E-state index is 0.0930. The summed E-state index contributed by atoms with van der Waals surface area (Å²) in [6, 6.07) is 0.313. The molecule has 1 rings (SSSR count). The Kier molecular flexibility index (Phi) is 4.85. The molecule has 0 bridgehead atoms. The van der Waals surface area contributed by atoms with Crippen LogP contribution in [-0.4, -0.2) is 19.1 Å². The Morgan fingerprint density at radius 1 is 1.62 bits per heavy atom. The molecule has 13 heavy (non-hydrogen) atoms. The van der Waals surface area contributed by atoms with Crippen molar-refractivity contribution in [2.24, 2.45) is 10.9 Å². The van der Waals surface area contributed by atoms with Crippen LogP contribution >= 0.6 is 0 Å². The zero-order valence-corrected chi connectivity index (χ0v) is 7.22. The Hall–Kier alpha value is -1.17. The third kappa shape index (κ3) is 4.41. The first-order chi connectivity index (χ1) is 6.43. The fourth-order valence-electron chi connectivity index (χ4n) is 0.951. The first kappa shape index (κ1) is 9.91. The third-order valence-corrected chi connectivity index (χ3v) is 1.56. The molecule has 1 atom stereocenters. The Labute approximate surface area is 76.8 Å². The maximum absolute atomic E-state index is 4.62. The fourth-order valence-corrected chi connectivity index (χ4v) is 0.951. The topological polar surface area (TPSA) is 68.9 Å². The molecular formula is C8H13N3O2. The van der Waals surface area contributed by atoms with Gasteiger partial charge in [0.1, 0.15) is 0 Å². The molecule has 0 aromatic heterocycles. The van der Waals surface area contributed by atoms with E-state index < -0.39 is 0 Å². The van der Waals surface area contributed by atoms with Crippen molar-refractivity contribution in [2.45, 2.75) is 12.5 Å². The largest absolute Gasteiger partial charge is 0.370 e. The molecule has 0 saturated heterocycles. The number of nitrogens with one attached hydrogen (secondary N) is 1. The summed E-state index contributed by atoms with van der Waals surface area (Å²) in [6.45, 7) is 0.0930. The van der Waals surface area contributed by atoms with Crippen molar-refractivity contribution < 1.29 is 9.88 Å². The van der Waals surface area contributed by atoms with Gasteiger partial charge in [0, 0.05) is 6.04 Å². The Balaban J connectivity index is 2.08. The van der Waals surface area contributed by atoms with E-state index >= 15 is 0 Å². The number of nitrogens with zero attached hydrogens (tertiary/aromatic N) is 1. The lowest BCUT2D eigenvalue weighted by atomic mass is 10.1. The maximum atomic E-state index is 4.62. The molecule has 1 aliphatic carbocycles. The second-order valence-electron chi connectivity index (χ2n) is 2.48. The first-order valence-electron chi connectivity index (χ1n) is 3.99. The standard InChI is InChI=1S/C8H13N3O2/c9-13-12-7-10-6-11-8-4-2-1-3-5-8/h1-4,6,8H,5,7,9H2,(H,10,11). The zero-order chi connectivity index (χ0) is 9.36. The lowest BCUT2D eigenvalue weighted by Crippen LogP contribution is -2.26. The molecule has 0 fully saturated rings. The van der Waals surface area contributed by atoms with E-state index in [1.54, 1.807) is 6.34 Å². The zero-order valence-electron chi connectivity index (χ0n) is 7.22. The summed E-state index contributed by atoms with van der Waals surface area (Å²) in [7, 11) is 0. The lowest BCUT2D eigenvalue weighted by molar-refractivity contribution is -0.297. The summed E-state index contributed by atoms with van der Waals surface area (Å²) in [5.74, 6) is 4.62. The van der Waals surface area contributed by atoms with Crippen molar-refractivity contribution in [1.29, 1.82) is 0 Å². The molecule has 72 valence electrons. The monoisotopic (exact) mass is 183 g/mol. The highest BCUT2D eigenvalue weighted by Crippen LogP contribution is 2.00. The van der Waals surface area contributed by atoms with Gasteiger partial charge in [0.2, 0.25) is 0 Å². The van der Waals surface area contributed by atoms with Crippen molar-refractivity contribution >= 4 is 6.34 Å². The highest BCUT2D eigenvalue weighted by molar-refractivity contribution is 5.55. The average Bonchev–Trinajstić information content (AvgIpc) is 2.19. The molecule has 3 N–H and O–H groups in total.